The van der Waals surface area contributed by atoms with Crippen molar-refractivity contribution in [2.45, 2.75) is 31.6 Å². The van der Waals surface area contributed by atoms with E-state index in [9.17, 15) is 0 Å². The van der Waals surface area contributed by atoms with E-state index in [4.69, 9.17) is 11.6 Å². The first-order valence-corrected chi connectivity index (χ1v) is 6.35. The van der Waals surface area contributed by atoms with Crippen LogP contribution in [-0.2, 0) is 6.42 Å². The van der Waals surface area contributed by atoms with E-state index in [1.807, 2.05) is 0 Å². The molecule has 0 aliphatic heterocycles. The van der Waals surface area contributed by atoms with E-state index >= 15 is 0 Å². The number of rotatable bonds is 4. The van der Waals surface area contributed by atoms with Gasteiger partial charge in [0.25, 0.3) is 0 Å². The number of fused-ring (bicyclic) bond motifs is 1. The Hall–Kier alpha value is -1.01. The summed E-state index contributed by atoms with van der Waals surface area (Å²) in [6.45, 7) is 2.14. The molecule has 84 valence electrons. The second-order valence-electron chi connectivity index (χ2n) is 4.23. The second-order valence-corrected chi connectivity index (χ2v) is 4.84. The van der Waals surface area contributed by atoms with E-state index in [0.29, 0.717) is 5.38 Å². The van der Waals surface area contributed by atoms with Crippen molar-refractivity contribution in [2.75, 3.05) is 0 Å². The predicted molar refractivity (Wildman–Crippen MR) is 72.2 cm³/mol. The van der Waals surface area contributed by atoms with Crippen molar-refractivity contribution in [3.8, 4) is 0 Å². The molecule has 0 amide bonds. The third-order valence-electron chi connectivity index (χ3n) is 3.00. The van der Waals surface area contributed by atoms with Crippen LogP contribution in [0.1, 0.15) is 25.3 Å². The van der Waals surface area contributed by atoms with Gasteiger partial charge in [-0.1, -0.05) is 49.4 Å². The molecule has 0 saturated carbocycles. The van der Waals surface area contributed by atoms with Gasteiger partial charge in [0.15, 0.2) is 0 Å². The lowest BCUT2D eigenvalue weighted by Gasteiger charge is -2.07. The van der Waals surface area contributed by atoms with Gasteiger partial charge in [0.05, 0.1) is 0 Å². The fourth-order valence-electron chi connectivity index (χ4n) is 1.92. The van der Waals surface area contributed by atoms with E-state index in [-0.39, 0.29) is 0 Å². The Morgan fingerprint density at radius 2 is 1.81 bits per heavy atom. The average Bonchev–Trinajstić information content (AvgIpc) is 2.35. The zero-order valence-corrected chi connectivity index (χ0v) is 10.4. The first-order chi connectivity index (χ1) is 7.79. The first kappa shape index (κ1) is 11.5. The maximum absolute atomic E-state index is 6.13. The Morgan fingerprint density at radius 3 is 2.56 bits per heavy atom. The van der Waals surface area contributed by atoms with E-state index < -0.39 is 0 Å². The Kier molecular flexibility index (Phi) is 3.84. The molecule has 0 fully saturated rings. The summed E-state index contributed by atoms with van der Waals surface area (Å²) in [5.41, 5.74) is 1.39. The van der Waals surface area contributed by atoms with Gasteiger partial charge in [0.1, 0.15) is 0 Å². The molecule has 0 aliphatic carbocycles. The van der Waals surface area contributed by atoms with Crippen molar-refractivity contribution in [3.63, 3.8) is 0 Å². The smallest absolute Gasteiger partial charge is 0.0336 e. The van der Waals surface area contributed by atoms with Crippen LogP contribution < -0.4 is 0 Å². The van der Waals surface area contributed by atoms with Crippen molar-refractivity contribution in [1.82, 2.24) is 0 Å². The molecule has 0 aromatic heterocycles. The lowest BCUT2D eigenvalue weighted by atomic mass is 10.0. The van der Waals surface area contributed by atoms with E-state index in [1.165, 1.54) is 16.3 Å². The van der Waals surface area contributed by atoms with Gasteiger partial charge in [-0.05, 0) is 35.6 Å². The Balaban J connectivity index is 2.13. The number of alkyl halides is 1. The maximum Gasteiger partial charge on any atom is 0.0336 e. The highest BCUT2D eigenvalue weighted by Crippen LogP contribution is 2.18. The van der Waals surface area contributed by atoms with Gasteiger partial charge in [0, 0.05) is 5.38 Å². The van der Waals surface area contributed by atoms with Crippen molar-refractivity contribution in [2.24, 2.45) is 0 Å². The lowest BCUT2D eigenvalue weighted by molar-refractivity contribution is 0.727. The number of halogens is 1. The molecule has 2 rings (SSSR count). The minimum Gasteiger partial charge on any atom is -0.123 e. The quantitative estimate of drug-likeness (QED) is 0.665. The van der Waals surface area contributed by atoms with Crippen molar-refractivity contribution in [1.29, 1.82) is 0 Å². The van der Waals surface area contributed by atoms with Crippen LogP contribution in [0, 0.1) is 0 Å². The molecule has 1 unspecified atom stereocenters. The van der Waals surface area contributed by atoms with Crippen LogP contribution in [-0.4, -0.2) is 5.38 Å². The highest BCUT2D eigenvalue weighted by atomic mass is 35.5. The van der Waals surface area contributed by atoms with Gasteiger partial charge in [-0.15, -0.1) is 11.6 Å². The largest absolute Gasteiger partial charge is 0.123 e. The molecule has 16 heavy (non-hydrogen) atoms. The van der Waals surface area contributed by atoms with Crippen LogP contribution in [0.5, 0.6) is 0 Å². The molecule has 0 aliphatic rings. The molecule has 0 spiro atoms. The van der Waals surface area contributed by atoms with Crippen LogP contribution in [0.3, 0.4) is 0 Å². The minimum atomic E-state index is 0.312. The van der Waals surface area contributed by atoms with Crippen LogP contribution in [0.25, 0.3) is 10.8 Å². The zero-order chi connectivity index (χ0) is 11.4. The Labute approximate surface area is 102 Å². The molecule has 1 atom stereocenters. The molecule has 2 aromatic rings. The normalized spacial score (nSPS) is 12.9. The Morgan fingerprint density at radius 1 is 1.06 bits per heavy atom. The topological polar surface area (TPSA) is 0 Å². The molecular weight excluding hydrogens is 216 g/mol. The summed E-state index contributed by atoms with van der Waals surface area (Å²) in [6, 6.07) is 15.2. The summed E-state index contributed by atoms with van der Waals surface area (Å²) in [7, 11) is 0. The fourth-order valence-corrected chi connectivity index (χ4v) is 2.03. The van der Waals surface area contributed by atoms with E-state index in [0.717, 1.165) is 19.3 Å². The number of aryl methyl sites for hydroxylation is 1. The monoisotopic (exact) mass is 232 g/mol. The zero-order valence-electron chi connectivity index (χ0n) is 9.62. The van der Waals surface area contributed by atoms with Crippen LogP contribution in [0.2, 0.25) is 0 Å². The minimum absolute atomic E-state index is 0.312. The van der Waals surface area contributed by atoms with Crippen molar-refractivity contribution < 1.29 is 0 Å². The highest BCUT2D eigenvalue weighted by Gasteiger charge is 2.02. The average molecular weight is 233 g/mol. The molecule has 0 heterocycles. The van der Waals surface area contributed by atoms with Gasteiger partial charge in [-0.25, -0.2) is 0 Å². The first-order valence-electron chi connectivity index (χ1n) is 5.91. The molecule has 0 nitrogen and oxygen atoms in total. The third-order valence-corrected chi connectivity index (χ3v) is 3.53. The van der Waals surface area contributed by atoms with Gasteiger partial charge < -0.3 is 0 Å². The molecule has 0 bridgehead atoms. The standard InChI is InChI=1S/C15H17Cl/c1-2-15(16)10-8-12-7-9-13-5-3-4-6-14(13)11-12/h3-7,9,11,15H,2,8,10H2,1H3. The van der Waals surface area contributed by atoms with Crippen molar-refractivity contribution in [3.05, 3.63) is 48.0 Å². The summed E-state index contributed by atoms with van der Waals surface area (Å²) in [5.74, 6) is 0. The second kappa shape index (κ2) is 5.36. The van der Waals surface area contributed by atoms with Crippen LogP contribution in [0.4, 0.5) is 0 Å². The fraction of sp³-hybridized carbons (Fsp3) is 0.333. The number of hydrogen-bond donors (Lipinski definition) is 0. The number of hydrogen-bond acceptors (Lipinski definition) is 0. The molecule has 0 N–H and O–H groups in total. The van der Waals surface area contributed by atoms with E-state index in [2.05, 4.69) is 49.4 Å². The molecular formula is C15H17Cl. The predicted octanol–water partition coefficient (Wildman–Crippen LogP) is 4.79. The Bertz CT molecular complexity index is 462. The van der Waals surface area contributed by atoms with Crippen molar-refractivity contribution >= 4 is 22.4 Å². The SMILES string of the molecule is CCC(Cl)CCc1ccc2ccccc2c1. The third kappa shape index (κ3) is 2.76. The number of benzene rings is 2. The maximum atomic E-state index is 6.13. The van der Waals surface area contributed by atoms with Gasteiger partial charge >= 0.3 is 0 Å². The van der Waals surface area contributed by atoms with Crippen LogP contribution in [0.15, 0.2) is 42.5 Å². The van der Waals surface area contributed by atoms with Gasteiger partial charge in [-0.2, -0.15) is 0 Å². The summed E-state index contributed by atoms with van der Waals surface area (Å²) in [4.78, 5) is 0. The van der Waals surface area contributed by atoms with Gasteiger partial charge in [0.2, 0.25) is 0 Å². The summed E-state index contributed by atoms with van der Waals surface area (Å²) in [6.07, 6.45) is 3.19. The molecule has 2 aromatic carbocycles. The van der Waals surface area contributed by atoms with Gasteiger partial charge in [-0.3, -0.25) is 0 Å². The molecule has 0 radical (unpaired) electrons. The molecule has 0 saturated heterocycles. The summed E-state index contributed by atoms with van der Waals surface area (Å²) < 4.78 is 0. The lowest BCUT2D eigenvalue weighted by Crippen LogP contribution is -1.98. The summed E-state index contributed by atoms with van der Waals surface area (Å²) in [5, 5.41) is 2.94. The highest BCUT2D eigenvalue weighted by molar-refractivity contribution is 6.20. The van der Waals surface area contributed by atoms with Crippen LogP contribution >= 0.6 is 11.6 Å². The molecule has 1 heteroatoms. The summed E-state index contributed by atoms with van der Waals surface area (Å²) >= 11 is 6.13. The van der Waals surface area contributed by atoms with E-state index in [1.54, 1.807) is 0 Å².